The largest absolute Gasteiger partial charge is 0.379 e. The lowest BCUT2D eigenvalue weighted by atomic mass is 10.1. The summed E-state index contributed by atoms with van der Waals surface area (Å²) in [5, 5.41) is 6.48. The average molecular weight is 511 g/mol. The number of aromatic nitrogens is 2. The number of hydrogen-bond donors (Lipinski definition) is 3. The molecule has 36 heavy (non-hydrogen) atoms. The second-order valence-electron chi connectivity index (χ2n) is 9.94. The van der Waals surface area contributed by atoms with E-state index in [2.05, 4.69) is 42.4 Å². The molecule has 3 N–H and O–H groups in total. The smallest absolute Gasteiger partial charge is 0.241 e. The summed E-state index contributed by atoms with van der Waals surface area (Å²) in [6.45, 7) is 11.7. The average Bonchev–Trinajstić information content (AvgIpc) is 2.82. The van der Waals surface area contributed by atoms with Gasteiger partial charge in [0.1, 0.15) is 5.82 Å². The van der Waals surface area contributed by atoms with E-state index in [-0.39, 0.29) is 4.90 Å². The maximum absolute atomic E-state index is 12.7. The van der Waals surface area contributed by atoms with Crippen molar-refractivity contribution in [2.75, 3.05) is 36.9 Å². The van der Waals surface area contributed by atoms with Gasteiger partial charge >= 0.3 is 0 Å². The minimum absolute atomic E-state index is 0.185. The third kappa shape index (κ3) is 7.23. The Morgan fingerprint density at radius 2 is 1.72 bits per heavy atom. The van der Waals surface area contributed by atoms with Gasteiger partial charge in [-0.2, -0.15) is 4.98 Å². The van der Waals surface area contributed by atoms with E-state index in [0.29, 0.717) is 17.5 Å². The Morgan fingerprint density at radius 3 is 2.42 bits per heavy atom. The number of morpholine rings is 1. The molecule has 1 aromatic heterocycles. The first-order valence-corrected chi connectivity index (χ1v) is 13.5. The molecule has 1 aliphatic rings. The monoisotopic (exact) mass is 510 g/mol. The number of aryl methyl sites for hydroxylation is 1. The van der Waals surface area contributed by atoms with Crippen molar-refractivity contribution < 1.29 is 13.2 Å². The molecule has 4 rings (SSSR count). The van der Waals surface area contributed by atoms with E-state index in [0.717, 1.165) is 44.1 Å². The van der Waals surface area contributed by atoms with Gasteiger partial charge in [-0.25, -0.2) is 18.1 Å². The predicted octanol–water partition coefficient (Wildman–Crippen LogP) is 4.18. The Balaban J connectivity index is 1.45. The van der Waals surface area contributed by atoms with Crippen LogP contribution in [0.5, 0.6) is 0 Å². The highest BCUT2D eigenvalue weighted by Crippen LogP contribution is 2.24. The van der Waals surface area contributed by atoms with Crippen LogP contribution in [0.4, 0.5) is 23.1 Å². The molecule has 0 amide bonds. The van der Waals surface area contributed by atoms with Crippen molar-refractivity contribution in [1.82, 2.24) is 19.6 Å². The fourth-order valence-electron chi connectivity index (χ4n) is 3.81. The van der Waals surface area contributed by atoms with Gasteiger partial charge in [-0.05, 0) is 63.6 Å². The zero-order valence-corrected chi connectivity index (χ0v) is 22.0. The lowest BCUT2D eigenvalue weighted by Crippen LogP contribution is -2.40. The summed E-state index contributed by atoms with van der Waals surface area (Å²) in [6.07, 6.45) is 1.73. The van der Waals surface area contributed by atoms with E-state index < -0.39 is 15.6 Å². The summed E-state index contributed by atoms with van der Waals surface area (Å²) in [5.74, 6) is 1.04. The highest BCUT2D eigenvalue weighted by Gasteiger charge is 2.22. The van der Waals surface area contributed by atoms with Gasteiger partial charge in [0.15, 0.2) is 0 Å². The minimum Gasteiger partial charge on any atom is -0.379 e. The summed E-state index contributed by atoms with van der Waals surface area (Å²) >= 11 is 0. The fourth-order valence-corrected chi connectivity index (χ4v) is 5.27. The summed E-state index contributed by atoms with van der Waals surface area (Å²) in [5.41, 5.74) is 3.00. The molecular formula is C26H34N6O3S. The zero-order valence-electron chi connectivity index (χ0n) is 21.2. The predicted molar refractivity (Wildman–Crippen MR) is 142 cm³/mol. The Labute approximate surface area is 213 Å². The van der Waals surface area contributed by atoms with Gasteiger partial charge in [0.05, 0.1) is 18.1 Å². The molecule has 0 spiro atoms. The molecule has 1 fully saturated rings. The first kappa shape index (κ1) is 26.0. The topological polar surface area (TPSA) is 108 Å². The molecule has 9 nitrogen and oxygen atoms in total. The summed E-state index contributed by atoms with van der Waals surface area (Å²) in [7, 11) is -3.65. The summed E-state index contributed by atoms with van der Waals surface area (Å²) < 4.78 is 33.6. The number of ether oxygens (including phenoxy) is 1. The second-order valence-corrected chi connectivity index (χ2v) is 11.6. The molecule has 0 saturated carbocycles. The van der Waals surface area contributed by atoms with Crippen LogP contribution in [0.25, 0.3) is 0 Å². The van der Waals surface area contributed by atoms with Crippen molar-refractivity contribution in [3.8, 4) is 0 Å². The number of nitrogens with one attached hydrogen (secondary N) is 3. The molecule has 0 aliphatic carbocycles. The van der Waals surface area contributed by atoms with Crippen molar-refractivity contribution in [3.05, 3.63) is 65.9 Å². The highest BCUT2D eigenvalue weighted by atomic mass is 32.2. The molecular weight excluding hydrogens is 476 g/mol. The van der Waals surface area contributed by atoms with Crippen molar-refractivity contribution in [3.63, 3.8) is 0 Å². The Morgan fingerprint density at radius 1 is 1.00 bits per heavy atom. The number of anilines is 4. The van der Waals surface area contributed by atoms with Gasteiger partial charge in [-0.15, -0.1) is 0 Å². The number of hydrogen-bond acceptors (Lipinski definition) is 8. The van der Waals surface area contributed by atoms with Crippen molar-refractivity contribution in [2.24, 2.45) is 0 Å². The van der Waals surface area contributed by atoms with Gasteiger partial charge in [0.25, 0.3) is 0 Å². The van der Waals surface area contributed by atoms with Gasteiger partial charge in [-0.3, -0.25) is 4.90 Å². The first-order valence-electron chi connectivity index (χ1n) is 12.0. The molecule has 2 aromatic carbocycles. The van der Waals surface area contributed by atoms with Gasteiger partial charge in [-0.1, -0.05) is 18.2 Å². The number of benzene rings is 2. The molecule has 1 aliphatic heterocycles. The van der Waals surface area contributed by atoms with E-state index in [1.165, 1.54) is 5.56 Å². The molecule has 10 heteroatoms. The lowest BCUT2D eigenvalue weighted by Gasteiger charge is -2.26. The Kier molecular flexibility index (Phi) is 7.89. The van der Waals surface area contributed by atoms with Crippen molar-refractivity contribution in [1.29, 1.82) is 0 Å². The van der Waals surface area contributed by atoms with Crippen LogP contribution in [0.3, 0.4) is 0 Å². The van der Waals surface area contributed by atoms with Crippen LogP contribution in [0.2, 0.25) is 0 Å². The molecule has 2 heterocycles. The van der Waals surface area contributed by atoms with Gasteiger partial charge in [0.2, 0.25) is 16.0 Å². The van der Waals surface area contributed by atoms with E-state index >= 15 is 0 Å². The van der Waals surface area contributed by atoms with Crippen LogP contribution in [0, 0.1) is 6.92 Å². The van der Waals surface area contributed by atoms with Crippen LogP contribution >= 0.6 is 0 Å². The molecule has 1 saturated heterocycles. The number of sulfonamides is 1. The Hall–Kier alpha value is -3.05. The SMILES string of the molecule is Cc1cnc(Nc2ccc(CN3CCOCC3)cc2)nc1Nc1cccc(S(=O)(=O)NC(C)(C)C)c1. The van der Waals surface area contributed by atoms with Crippen LogP contribution in [0.1, 0.15) is 31.9 Å². The van der Waals surface area contributed by atoms with E-state index in [1.54, 1.807) is 30.5 Å². The van der Waals surface area contributed by atoms with Crippen LogP contribution in [-0.4, -0.2) is 55.1 Å². The lowest BCUT2D eigenvalue weighted by molar-refractivity contribution is 0.0342. The third-order valence-electron chi connectivity index (χ3n) is 5.54. The highest BCUT2D eigenvalue weighted by molar-refractivity contribution is 7.89. The third-order valence-corrected chi connectivity index (χ3v) is 7.29. The van der Waals surface area contributed by atoms with Crippen LogP contribution < -0.4 is 15.4 Å². The molecule has 0 bridgehead atoms. The normalized spacial score (nSPS) is 15.0. The van der Waals surface area contributed by atoms with Crippen LogP contribution in [-0.2, 0) is 21.3 Å². The molecule has 0 atom stereocenters. The van der Waals surface area contributed by atoms with E-state index in [1.807, 2.05) is 39.8 Å². The van der Waals surface area contributed by atoms with Crippen molar-refractivity contribution >= 4 is 33.2 Å². The quantitative estimate of drug-likeness (QED) is 0.414. The molecule has 192 valence electrons. The minimum atomic E-state index is -3.65. The van der Waals surface area contributed by atoms with Crippen LogP contribution in [0.15, 0.2) is 59.6 Å². The summed E-state index contributed by atoms with van der Waals surface area (Å²) in [4.78, 5) is 11.6. The first-order chi connectivity index (χ1) is 17.1. The molecule has 0 unspecified atom stereocenters. The second kappa shape index (κ2) is 10.9. The number of nitrogens with zero attached hydrogens (tertiary/aromatic N) is 3. The molecule has 0 radical (unpaired) electrons. The Bertz CT molecular complexity index is 1280. The summed E-state index contributed by atoms with van der Waals surface area (Å²) in [6, 6.07) is 14.9. The van der Waals surface area contributed by atoms with E-state index in [9.17, 15) is 8.42 Å². The zero-order chi connectivity index (χ0) is 25.8. The van der Waals surface area contributed by atoms with Crippen molar-refractivity contribution in [2.45, 2.75) is 44.7 Å². The fraction of sp³-hybridized carbons (Fsp3) is 0.385. The molecule has 3 aromatic rings. The van der Waals surface area contributed by atoms with E-state index in [4.69, 9.17) is 4.74 Å². The maximum atomic E-state index is 12.7. The maximum Gasteiger partial charge on any atom is 0.241 e. The number of rotatable bonds is 8. The van der Waals surface area contributed by atoms with Gasteiger partial charge < -0.3 is 15.4 Å². The standard InChI is InChI=1S/C26H34N6O3S/c1-19-17-27-25(29-21-10-8-20(9-11-21)18-32-12-14-35-15-13-32)30-24(19)28-22-6-5-7-23(16-22)36(33,34)31-26(2,3)4/h5-11,16-17,31H,12-15,18H2,1-4H3,(H2,27,28,29,30). The van der Waals surface area contributed by atoms with Gasteiger partial charge in [0, 0.05) is 48.3 Å².